The van der Waals surface area contributed by atoms with Gasteiger partial charge in [0.1, 0.15) is 5.75 Å². The topological polar surface area (TPSA) is 29.5 Å². The summed E-state index contributed by atoms with van der Waals surface area (Å²) in [5.41, 5.74) is 2.37. The lowest BCUT2D eigenvalue weighted by Gasteiger charge is -2.24. The number of hydrogen-bond donors (Lipinski definition) is 0. The van der Waals surface area contributed by atoms with Gasteiger partial charge in [0.05, 0.1) is 13.0 Å². The van der Waals surface area contributed by atoms with Crippen molar-refractivity contribution in [2.45, 2.75) is 25.2 Å². The fraction of sp³-hybridized carbons (Fsp3) is 0.381. The molecule has 3 heteroatoms. The minimum absolute atomic E-state index is 0.0204. The number of carbonyl (C=O) groups is 1. The maximum Gasteiger partial charge on any atom is 0.230 e. The van der Waals surface area contributed by atoms with Gasteiger partial charge in [-0.2, -0.15) is 0 Å². The predicted molar refractivity (Wildman–Crippen MR) is 96.2 cm³/mol. The first-order valence-electron chi connectivity index (χ1n) is 8.62. The van der Waals surface area contributed by atoms with Crippen LogP contribution in [0.3, 0.4) is 0 Å². The lowest BCUT2D eigenvalue weighted by molar-refractivity contribution is -0.132. The zero-order valence-corrected chi connectivity index (χ0v) is 14.4. The molecule has 0 N–H and O–H groups in total. The van der Waals surface area contributed by atoms with Crippen molar-refractivity contribution in [1.29, 1.82) is 0 Å². The Balaban J connectivity index is 1.62. The fourth-order valence-electron chi connectivity index (χ4n) is 3.14. The summed E-state index contributed by atoms with van der Waals surface area (Å²) in [7, 11) is 3.59. The van der Waals surface area contributed by atoms with E-state index in [0.29, 0.717) is 5.92 Å². The zero-order chi connectivity index (χ0) is 16.9. The van der Waals surface area contributed by atoms with Crippen LogP contribution in [-0.2, 0) is 11.2 Å². The van der Waals surface area contributed by atoms with E-state index in [-0.39, 0.29) is 11.8 Å². The van der Waals surface area contributed by atoms with E-state index in [0.717, 1.165) is 37.1 Å². The van der Waals surface area contributed by atoms with Gasteiger partial charge in [0.15, 0.2) is 0 Å². The molecule has 0 heterocycles. The molecular weight excluding hydrogens is 298 g/mol. The van der Waals surface area contributed by atoms with Crippen LogP contribution >= 0.6 is 0 Å². The summed E-state index contributed by atoms with van der Waals surface area (Å²) in [6.07, 6.45) is 3.19. The highest BCUT2D eigenvalue weighted by Crippen LogP contribution is 2.43. The summed E-state index contributed by atoms with van der Waals surface area (Å²) in [4.78, 5) is 14.8. The third-order valence-corrected chi connectivity index (χ3v) is 4.79. The minimum Gasteiger partial charge on any atom is -0.497 e. The van der Waals surface area contributed by atoms with Crippen LogP contribution in [0.15, 0.2) is 54.6 Å². The molecule has 3 nitrogen and oxygen atoms in total. The third kappa shape index (κ3) is 3.97. The molecule has 1 fully saturated rings. The largest absolute Gasteiger partial charge is 0.497 e. The molecule has 0 saturated heterocycles. The highest BCUT2D eigenvalue weighted by Gasteiger charge is 2.38. The van der Waals surface area contributed by atoms with Gasteiger partial charge < -0.3 is 9.64 Å². The van der Waals surface area contributed by atoms with Gasteiger partial charge in [0, 0.05) is 13.6 Å². The van der Waals surface area contributed by atoms with Crippen molar-refractivity contribution in [3.63, 3.8) is 0 Å². The Morgan fingerprint density at radius 2 is 1.79 bits per heavy atom. The Morgan fingerprint density at radius 3 is 2.38 bits per heavy atom. The van der Waals surface area contributed by atoms with Crippen LogP contribution in [0.2, 0.25) is 0 Å². The molecule has 126 valence electrons. The van der Waals surface area contributed by atoms with Crippen molar-refractivity contribution in [1.82, 2.24) is 4.90 Å². The second-order valence-corrected chi connectivity index (χ2v) is 6.58. The molecule has 1 amide bonds. The first-order chi connectivity index (χ1) is 11.7. The Labute approximate surface area is 144 Å². The summed E-state index contributed by atoms with van der Waals surface area (Å²) >= 11 is 0. The number of rotatable bonds is 7. The van der Waals surface area contributed by atoms with Crippen molar-refractivity contribution in [3.05, 3.63) is 65.7 Å². The Bertz CT molecular complexity index is 662. The van der Waals surface area contributed by atoms with Crippen molar-refractivity contribution in [2.24, 2.45) is 5.92 Å². The lowest BCUT2D eigenvalue weighted by atomic mass is 9.92. The van der Waals surface area contributed by atoms with Crippen molar-refractivity contribution < 1.29 is 9.53 Å². The van der Waals surface area contributed by atoms with Crippen molar-refractivity contribution >= 4 is 5.91 Å². The van der Waals surface area contributed by atoms with E-state index in [1.54, 1.807) is 7.11 Å². The first-order valence-corrected chi connectivity index (χ1v) is 8.62. The number of amides is 1. The molecule has 0 spiro atoms. The van der Waals surface area contributed by atoms with E-state index in [2.05, 4.69) is 24.3 Å². The summed E-state index contributed by atoms with van der Waals surface area (Å²) in [5.74, 6) is 1.65. The number of methoxy groups -OCH3 is 1. The third-order valence-electron chi connectivity index (χ3n) is 4.79. The predicted octanol–water partition coefficient (Wildman–Crippen LogP) is 3.89. The van der Waals surface area contributed by atoms with Crippen LogP contribution in [0.4, 0.5) is 0 Å². The van der Waals surface area contributed by atoms with E-state index in [4.69, 9.17) is 4.74 Å². The highest BCUT2D eigenvalue weighted by atomic mass is 16.5. The van der Waals surface area contributed by atoms with Gasteiger partial charge >= 0.3 is 0 Å². The van der Waals surface area contributed by atoms with E-state index in [9.17, 15) is 4.79 Å². The van der Waals surface area contributed by atoms with E-state index >= 15 is 0 Å². The maximum atomic E-state index is 13.0. The smallest absolute Gasteiger partial charge is 0.230 e. The molecule has 3 rings (SSSR count). The molecule has 0 aliphatic heterocycles. The molecule has 0 radical (unpaired) electrons. The average Bonchev–Trinajstić information content (AvgIpc) is 3.46. The van der Waals surface area contributed by atoms with Crippen molar-refractivity contribution in [2.75, 3.05) is 20.7 Å². The van der Waals surface area contributed by atoms with Gasteiger partial charge in [-0.15, -0.1) is 0 Å². The first kappa shape index (κ1) is 16.6. The molecule has 1 atom stereocenters. The molecule has 0 aromatic heterocycles. The van der Waals surface area contributed by atoms with Gasteiger partial charge in [-0.1, -0.05) is 42.5 Å². The Kier molecular flexibility index (Phi) is 5.19. The molecule has 1 aliphatic carbocycles. The van der Waals surface area contributed by atoms with Crippen LogP contribution in [0, 0.1) is 5.92 Å². The number of nitrogens with zero attached hydrogens (tertiary/aromatic N) is 1. The number of carbonyl (C=O) groups excluding carboxylic acids is 1. The summed E-state index contributed by atoms with van der Waals surface area (Å²) in [5, 5.41) is 0. The molecular formula is C21H25NO2. The summed E-state index contributed by atoms with van der Waals surface area (Å²) in [6, 6.07) is 18.3. The quantitative estimate of drug-likeness (QED) is 0.773. The molecule has 1 aliphatic rings. The van der Waals surface area contributed by atoms with Gasteiger partial charge in [0.25, 0.3) is 0 Å². The molecule has 1 saturated carbocycles. The van der Waals surface area contributed by atoms with Gasteiger partial charge in [-0.05, 0) is 48.4 Å². The minimum atomic E-state index is 0.0204. The van der Waals surface area contributed by atoms with Crippen molar-refractivity contribution in [3.8, 4) is 5.75 Å². The van der Waals surface area contributed by atoms with Crippen LogP contribution in [0.25, 0.3) is 0 Å². The van der Waals surface area contributed by atoms with Crippen LogP contribution in [0.1, 0.15) is 29.9 Å². The van der Waals surface area contributed by atoms with E-state index < -0.39 is 0 Å². The standard InChI is InChI=1S/C21H25NO2/c1-22(15-14-16-8-12-19(24-2)13-9-16)21(23)20(18-10-11-18)17-6-4-3-5-7-17/h3-9,12-13,18,20H,10-11,14-15H2,1-2H3. The number of hydrogen-bond acceptors (Lipinski definition) is 2. The molecule has 24 heavy (non-hydrogen) atoms. The SMILES string of the molecule is COc1ccc(CCN(C)C(=O)C(c2ccccc2)C2CC2)cc1. The summed E-state index contributed by atoms with van der Waals surface area (Å²) in [6.45, 7) is 0.737. The molecule has 2 aromatic rings. The van der Waals surface area contributed by atoms with Gasteiger partial charge in [-0.25, -0.2) is 0 Å². The van der Waals surface area contributed by atoms with Gasteiger partial charge in [-0.3, -0.25) is 4.79 Å². The Hall–Kier alpha value is -2.29. The zero-order valence-electron chi connectivity index (χ0n) is 14.4. The van der Waals surface area contributed by atoms with Gasteiger partial charge in [0.2, 0.25) is 5.91 Å². The van der Waals surface area contributed by atoms with Crippen LogP contribution in [0.5, 0.6) is 5.75 Å². The second kappa shape index (κ2) is 7.52. The molecule has 2 aromatic carbocycles. The fourth-order valence-corrected chi connectivity index (χ4v) is 3.14. The van der Waals surface area contributed by atoms with E-state index in [1.807, 2.05) is 42.3 Å². The highest BCUT2D eigenvalue weighted by molar-refractivity contribution is 5.84. The average molecular weight is 323 g/mol. The number of likely N-dealkylation sites (N-methyl/N-ethyl adjacent to an activating group) is 1. The number of benzene rings is 2. The van der Waals surface area contributed by atoms with E-state index in [1.165, 1.54) is 5.56 Å². The molecule has 0 bridgehead atoms. The van der Waals surface area contributed by atoms with Crippen LogP contribution < -0.4 is 4.74 Å². The van der Waals surface area contributed by atoms with Crippen LogP contribution in [-0.4, -0.2) is 31.5 Å². The monoisotopic (exact) mass is 323 g/mol. The molecule has 1 unspecified atom stereocenters. The normalized spacial score (nSPS) is 14.9. The Morgan fingerprint density at radius 1 is 1.12 bits per heavy atom. The number of ether oxygens (including phenoxy) is 1. The maximum absolute atomic E-state index is 13.0. The lowest BCUT2D eigenvalue weighted by Crippen LogP contribution is -2.34. The second-order valence-electron chi connectivity index (χ2n) is 6.58. The summed E-state index contributed by atoms with van der Waals surface area (Å²) < 4.78 is 5.18.